The Balaban J connectivity index is 2.01. The minimum absolute atomic E-state index is 0.334. The molecule has 2 aromatic rings. The third-order valence-corrected chi connectivity index (χ3v) is 3.19. The molecule has 0 saturated heterocycles. The monoisotopic (exact) mass is 229 g/mol. The van der Waals surface area contributed by atoms with Crippen LogP contribution >= 0.6 is 0 Å². The lowest BCUT2D eigenvalue weighted by molar-refractivity contribution is 0.457. The number of hydrogen-bond donors (Lipinski definition) is 1. The van der Waals surface area contributed by atoms with E-state index >= 15 is 0 Å². The van der Waals surface area contributed by atoms with Gasteiger partial charge < -0.3 is 9.73 Å². The minimum Gasteiger partial charge on any atom is -0.468 e. The van der Waals surface area contributed by atoms with Gasteiger partial charge in [0, 0.05) is 6.04 Å². The highest BCUT2D eigenvalue weighted by Crippen LogP contribution is 2.18. The Morgan fingerprint density at radius 2 is 1.88 bits per heavy atom. The summed E-state index contributed by atoms with van der Waals surface area (Å²) in [6.07, 6.45) is 1.74. The van der Waals surface area contributed by atoms with Crippen molar-refractivity contribution >= 4 is 0 Å². The second kappa shape index (κ2) is 5.19. The molecule has 0 saturated carbocycles. The molecule has 0 radical (unpaired) electrons. The van der Waals surface area contributed by atoms with Crippen LogP contribution in [0.5, 0.6) is 0 Å². The first kappa shape index (κ1) is 11.9. The van der Waals surface area contributed by atoms with Gasteiger partial charge in [0.15, 0.2) is 0 Å². The third-order valence-electron chi connectivity index (χ3n) is 3.19. The van der Waals surface area contributed by atoms with Gasteiger partial charge in [-0.2, -0.15) is 0 Å². The Kier molecular flexibility index (Phi) is 3.64. The fourth-order valence-corrected chi connectivity index (χ4v) is 2.01. The first-order chi connectivity index (χ1) is 8.18. The van der Waals surface area contributed by atoms with Crippen LogP contribution in [0.1, 0.15) is 35.4 Å². The summed E-state index contributed by atoms with van der Waals surface area (Å²) in [7, 11) is 0. The predicted octanol–water partition coefficient (Wildman–Crippen LogP) is 3.75. The topological polar surface area (TPSA) is 25.2 Å². The van der Waals surface area contributed by atoms with Gasteiger partial charge in [0.2, 0.25) is 0 Å². The van der Waals surface area contributed by atoms with Crippen LogP contribution in [0.25, 0.3) is 0 Å². The van der Waals surface area contributed by atoms with E-state index in [1.54, 1.807) is 6.26 Å². The van der Waals surface area contributed by atoms with E-state index in [0.717, 1.165) is 12.3 Å². The molecule has 1 heterocycles. The van der Waals surface area contributed by atoms with Gasteiger partial charge in [-0.3, -0.25) is 0 Å². The van der Waals surface area contributed by atoms with E-state index in [-0.39, 0.29) is 0 Å². The van der Waals surface area contributed by atoms with Crippen molar-refractivity contribution in [3.05, 3.63) is 59.0 Å². The molecular formula is C15H19NO. The van der Waals surface area contributed by atoms with Gasteiger partial charge >= 0.3 is 0 Å². The van der Waals surface area contributed by atoms with Gasteiger partial charge in [0.05, 0.1) is 12.8 Å². The Morgan fingerprint density at radius 3 is 2.53 bits per heavy atom. The lowest BCUT2D eigenvalue weighted by Gasteiger charge is -2.16. The SMILES string of the molecule is Cc1ccccc1[C@H](C)NCc1occc1C. The molecule has 1 atom stereocenters. The number of furan rings is 1. The summed E-state index contributed by atoms with van der Waals surface area (Å²) in [6.45, 7) is 7.17. The Morgan fingerprint density at radius 1 is 1.12 bits per heavy atom. The Bertz CT molecular complexity index is 487. The summed E-state index contributed by atoms with van der Waals surface area (Å²) in [5.41, 5.74) is 3.87. The predicted molar refractivity (Wildman–Crippen MR) is 69.9 cm³/mol. The van der Waals surface area contributed by atoms with Crippen molar-refractivity contribution in [3.8, 4) is 0 Å². The number of aryl methyl sites for hydroxylation is 2. The maximum Gasteiger partial charge on any atom is 0.120 e. The fourth-order valence-electron chi connectivity index (χ4n) is 2.01. The smallest absolute Gasteiger partial charge is 0.120 e. The Hall–Kier alpha value is -1.54. The summed E-state index contributed by atoms with van der Waals surface area (Å²) < 4.78 is 5.42. The van der Waals surface area contributed by atoms with Crippen molar-refractivity contribution in [2.75, 3.05) is 0 Å². The van der Waals surface area contributed by atoms with E-state index in [1.165, 1.54) is 16.7 Å². The number of rotatable bonds is 4. The first-order valence-corrected chi connectivity index (χ1v) is 6.00. The average Bonchev–Trinajstić information content (AvgIpc) is 2.72. The van der Waals surface area contributed by atoms with Crippen molar-refractivity contribution in [2.45, 2.75) is 33.4 Å². The Labute approximate surface area is 103 Å². The van der Waals surface area contributed by atoms with Crippen LogP contribution in [-0.2, 0) is 6.54 Å². The summed E-state index contributed by atoms with van der Waals surface area (Å²) in [6, 6.07) is 10.8. The van der Waals surface area contributed by atoms with Crippen molar-refractivity contribution < 1.29 is 4.42 Å². The van der Waals surface area contributed by atoms with E-state index < -0.39 is 0 Å². The number of hydrogen-bond acceptors (Lipinski definition) is 2. The third kappa shape index (κ3) is 2.77. The molecule has 0 spiro atoms. The zero-order chi connectivity index (χ0) is 12.3. The summed E-state index contributed by atoms with van der Waals surface area (Å²) in [5, 5.41) is 3.49. The normalized spacial score (nSPS) is 12.6. The van der Waals surface area contributed by atoms with Crippen molar-refractivity contribution in [3.63, 3.8) is 0 Å². The average molecular weight is 229 g/mol. The van der Waals surface area contributed by atoms with Crippen LogP contribution in [0.3, 0.4) is 0 Å². The zero-order valence-corrected chi connectivity index (χ0v) is 10.7. The molecule has 0 fully saturated rings. The first-order valence-electron chi connectivity index (χ1n) is 6.00. The highest BCUT2D eigenvalue weighted by Gasteiger charge is 2.08. The number of nitrogens with one attached hydrogen (secondary N) is 1. The fraction of sp³-hybridized carbons (Fsp3) is 0.333. The van der Waals surface area contributed by atoms with Crippen molar-refractivity contribution in [1.82, 2.24) is 5.32 Å². The molecule has 1 N–H and O–H groups in total. The molecule has 90 valence electrons. The van der Waals surface area contributed by atoms with E-state index in [1.807, 2.05) is 6.07 Å². The van der Waals surface area contributed by atoms with Gasteiger partial charge in [0.1, 0.15) is 5.76 Å². The van der Waals surface area contributed by atoms with E-state index in [0.29, 0.717) is 6.04 Å². The van der Waals surface area contributed by atoms with Crippen LogP contribution in [0.2, 0.25) is 0 Å². The molecule has 0 aliphatic heterocycles. The minimum atomic E-state index is 0.334. The van der Waals surface area contributed by atoms with Crippen molar-refractivity contribution in [2.24, 2.45) is 0 Å². The highest BCUT2D eigenvalue weighted by atomic mass is 16.3. The molecule has 2 rings (SSSR count). The quantitative estimate of drug-likeness (QED) is 0.863. The molecule has 17 heavy (non-hydrogen) atoms. The molecule has 0 unspecified atom stereocenters. The second-order valence-electron chi connectivity index (χ2n) is 4.49. The summed E-state index contributed by atoms with van der Waals surface area (Å²) in [5.74, 6) is 1.02. The maximum absolute atomic E-state index is 5.42. The number of benzene rings is 1. The van der Waals surface area contributed by atoms with Gasteiger partial charge in [-0.05, 0) is 43.5 Å². The maximum atomic E-state index is 5.42. The van der Waals surface area contributed by atoms with E-state index in [9.17, 15) is 0 Å². The molecule has 2 nitrogen and oxygen atoms in total. The molecule has 0 aliphatic carbocycles. The second-order valence-corrected chi connectivity index (χ2v) is 4.49. The molecule has 1 aromatic heterocycles. The molecule has 0 bridgehead atoms. The molecular weight excluding hydrogens is 210 g/mol. The van der Waals surface area contributed by atoms with Crippen LogP contribution in [0.4, 0.5) is 0 Å². The molecule has 2 heteroatoms. The lowest BCUT2D eigenvalue weighted by Crippen LogP contribution is -2.18. The van der Waals surface area contributed by atoms with Gasteiger partial charge in [-0.1, -0.05) is 24.3 Å². The van der Waals surface area contributed by atoms with Gasteiger partial charge in [-0.15, -0.1) is 0 Å². The standard InChI is InChI=1S/C15H19NO/c1-11-6-4-5-7-14(11)13(3)16-10-15-12(2)8-9-17-15/h4-9,13,16H,10H2,1-3H3/t13-/m0/s1. The van der Waals surface area contributed by atoms with E-state index in [2.05, 4.69) is 50.4 Å². The largest absolute Gasteiger partial charge is 0.468 e. The van der Waals surface area contributed by atoms with Crippen LogP contribution in [0.15, 0.2) is 41.0 Å². The molecule has 1 aromatic carbocycles. The zero-order valence-electron chi connectivity index (χ0n) is 10.7. The van der Waals surface area contributed by atoms with Crippen molar-refractivity contribution in [1.29, 1.82) is 0 Å². The molecule has 0 amide bonds. The summed E-state index contributed by atoms with van der Waals surface area (Å²) in [4.78, 5) is 0. The van der Waals surface area contributed by atoms with Crippen LogP contribution < -0.4 is 5.32 Å². The van der Waals surface area contributed by atoms with E-state index in [4.69, 9.17) is 4.42 Å². The van der Waals surface area contributed by atoms with Crippen LogP contribution in [-0.4, -0.2) is 0 Å². The highest BCUT2D eigenvalue weighted by molar-refractivity contribution is 5.28. The lowest BCUT2D eigenvalue weighted by atomic mass is 10.0. The van der Waals surface area contributed by atoms with Crippen LogP contribution in [0, 0.1) is 13.8 Å². The molecule has 0 aliphatic rings. The summed E-state index contributed by atoms with van der Waals surface area (Å²) >= 11 is 0. The van der Waals surface area contributed by atoms with Gasteiger partial charge in [0.25, 0.3) is 0 Å². The van der Waals surface area contributed by atoms with Gasteiger partial charge in [-0.25, -0.2) is 0 Å².